The van der Waals surface area contributed by atoms with Gasteiger partial charge in [-0.3, -0.25) is 4.79 Å². The quantitative estimate of drug-likeness (QED) is 0.828. The molecule has 0 aliphatic heterocycles. The highest BCUT2D eigenvalue weighted by atomic mass is 16.5. The Balaban J connectivity index is 2.16. The summed E-state index contributed by atoms with van der Waals surface area (Å²) in [6.45, 7) is 6.88. The van der Waals surface area contributed by atoms with Gasteiger partial charge < -0.3 is 24.3 Å². The minimum atomic E-state index is -0.165. The summed E-state index contributed by atoms with van der Waals surface area (Å²) in [6.07, 6.45) is 0.990. The monoisotopic (exact) mass is 337 g/mol. The molecular formula is C18H27NO5. The van der Waals surface area contributed by atoms with Crippen molar-refractivity contribution in [2.45, 2.75) is 39.3 Å². The Bertz CT molecular complexity index is 574. The molecule has 1 aromatic rings. The van der Waals surface area contributed by atoms with Crippen molar-refractivity contribution in [2.24, 2.45) is 5.41 Å². The Kier molecular flexibility index (Phi) is 5.59. The first-order valence-electron chi connectivity index (χ1n) is 8.11. The number of ether oxygens (including phenoxy) is 4. The van der Waals surface area contributed by atoms with E-state index >= 15 is 0 Å². The van der Waals surface area contributed by atoms with E-state index in [1.54, 1.807) is 12.1 Å². The van der Waals surface area contributed by atoms with Crippen molar-refractivity contribution in [3.05, 3.63) is 17.7 Å². The number of benzene rings is 1. The number of amides is 1. The highest BCUT2D eigenvalue weighted by Gasteiger charge is 2.49. The van der Waals surface area contributed by atoms with E-state index in [1.165, 1.54) is 21.3 Å². The number of carbonyl (C=O) groups is 1. The molecule has 24 heavy (non-hydrogen) atoms. The van der Waals surface area contributed by atoms with Crippen LogP contribution in [-0.2, 0) is 4.74 Å². The van der Waals surface area contributed by atoms with Crippen LogP contribution in [0.5, 0.6) is 17.2 Å². The molecule has 0 spiro atoms. The van der Waals surface area contributed by atoms with Crippen LogP contribution in [0.25, 0.3) is 0 Å². The van der Waals surface area contributed by atoms with Crippen molar-refractivity contribution in [3.8, 4) is 17.2 Å². The molecule has 1 aromatic carbocycles. The minimum Gasteiger partial charge on any atom is -0.493 e. The van der Waals surface area contributed by atoms with E-state index in [0.29, 0.717) is 29.4 Å². The lowest BCUT2D eigenvalue weighted by molar-refractivity contribution is -0.111. The average molecular weight is 337 g/mol. The molecule has 1 aliphatic carbocycles. The lowest BCUT2D eigenvalue weighted by Gasteiger charge is -2.51. The van der Waals surface area contributed by atoms with E-state index < -0.39 is 0 Å². The van der Waals surface area contributed by atoms with Crippen molar-refractivity contribution >= 4 is 5.91 Å². The zero-order chi connectivity index (χ0) is 17.9. The van der Waals surface area contributed by atoms with Crippen LogP contribution >= 0.6 is 0 Å². The molecule has 1 N–H and O–H groups in total. The summed E-state index contributed by atoms with van der Waals surface area (Å²) in [6, 6.07) is 3.38. The average Bonchev–Trinajstić information content (AvgIpc) is 2.59. The summed E-state index contributed by atoms with van der Waals surface area (Å²) in [5, 5.41) is 3.08. The normalized spacial score (nSPS) is 21.6. The van der Waals surface area contributed by atoms with Gasteiger partial charge in [-0.1, -0.05) is 13.8 Å². The first kappa shape index (κ1) is 18.4. The van der Waals surface area contributed by atoms with E-state index in [2.05, 4.69) is 19.2 Å². The molecule has 0 bridgehead atoms. The predicted octanol–water partition coefficient (Wildman–Crippen LogP) is 2.65. The Labute approximate surface area is 143 Å². The van der Waals surface area contributed by atoms with Crippen molar-refractivity contribution in [1.82, 2.24) is 5.32 Å². The van der Waals surface area contributed by atoms with Gasteiger partial charge in [-0.25, -0.2) is 0 Å². The van der Waals surface area contributed by atoms with Gasteiger partial charge in [-0.15, -0.1) is 0 Å². The summed E-state index contributed by atoms with van der Waals surface area (Å²) in [7, 11) is 4.59. The van der Waals surface area contributed by atoms with Gasteiger partial charge in [0.25, 0.3) is 5.91 Å². The third kappa shape index (κ3) is 3.29. The molecule has 0 unspecified atom stereocenters. The van der Waals surface area contributed by atoms with E-state index in [9.17, 15) is 4.79 Å². The zero-order valence-corrected chi connectivity index (χ0v) is 15.3. The summed E-state index contributed by atoms with van der Waals surface area (Å²) in [5.41, 5.74) is 0.381. The molecule has 1 amide bonds. The Morgan fingerprint density at radius 3 is 2.17 bits per heavy atom. The highest BCUT2D eigenvalue weighted by Crippen LogP contribution is 2.43. The highest BCUT2D eigenvalue weighted by molar-refractivity contribution is 5.96. The van der Waals surface area contributed by atoms with Crippen LogP contribution in [0.15, 0.2) is 12.1 Å². The standard InChI is InChI=1S/C18H27NO5/c1-7-24-15-10-14(18(15,2)3)19-17(20)11-8-12(21-4)16(23-6)13(9-11)22-5/h8-9,14-15H,7,10H2,1-6H3,(H,19,20)/t14-,15-/m1/s1. The second-order valence-electron chi connectivity index (χ2n) is 6.44. The molecule has 0 saturated heterocycles. The van der Waals surface area contributed by atoms with E-state index in [4.69, 9.17) is 18.9 Å². The van der Waals surface area contributed by atoms with E-state index in [0.717, 1.165) is 6.42 Å². The number of methoxy groups -OCH3 is 3. The van der Waals surface area contributed by atoms with Gasteiger partial charge in [0.15, 0.2) is 11.5 Å². The summed E-state index contributed by atoms with van der Waals surface area (Å²) in [5.74, 6) is 1.23. The maximum absolute atomic E-state index is 12.6. The second-order valence-corrected chi connectivity index (χ2v) is 6.44. The number of nitrogens with one attached hydrogen (secondary N) is 1. The van der Waals surface area contributed by atoms with E-state index in [-0.39, 0.29) is 23.5 Å². The van der Waals surface area contributed by atoms with Gasteiger partial charge in [0.05, 0.1) is 27.4 Å². The third-order valence-corrected chi connectivity index (χ3v) is 4.78. The van der Waals surface area contributed by atoms with Gasteiger partial charge >= 0.3 is 0 Å². The number of hydrogen-bond acceptors (Lipinski definition) is 5. The van der Waals surface area contributed by atoms with Crippen molar-refractivity contribution in [1.29, 1.82) is 0 Å². The molecule has 0 radical (unpaired) electrons. The molecule has 134 valence electrons. The molecule has 1 fully saturated rings. The number of carbonyl (C=O) groups excluding carboxylic acids is 1. The second kappa shape index (κ2) is 7.30. The fraction of sp³-hybridized carbons (Fsp3) is 0.611. The number of hydrogen-bond donors (Lipinski definition) is 1. The van der Waals surface area contributed by atoms with Crippen molar-refractivity contribution in [2.75, 3.05) is 27.9 Å². The van der Waals surface area contributed by atoms with Crippen LogP contribution in [0, 0.1) is 5.41 Å². The van der Waals surface area contributed by atoms with Gasteiger partial charge in [-0.05, 0) is 25.5 Å². The van der Waals surface area contributed by atoms with Gasteiger partial charge in [0, 0.05) is 23.6 Å². The van der Waals surface area contributed by atoms with Crippen molar-refractivity contribution in [3.63, 3.8) is 0 Å². The van der Waals surface area contributed by atoms with Crippen LogP contribution in [-0.4, -0.2) is 46.0 Å². The lowest BCUT2D eigenvalue weighted by atomic mass is 9.64. The Morgan fingerprint density at radius 2 is 1.75 bits per heavy atom. The maximum Gasteiger partial charge on any atom is 0.251 e. The van der Waals surface area contributed by atoms with Crippen LogP contribution in [0.1, 0.15) is 37.6 Å². The fourth-order valence-corrected chi connectivity index (χ4v) is 3.07. The first-order valence-corrected chi connectivity index (χ1v) is 8.11. The molecule has 1 saturated carbocycles. The topological polar surface area (TPSA) is 66.0 Å². The zero-order valence-electron chi connectivity index (χ0n) is 15.3. The van der Waals surface area contributed by atoms with Crippen LogP contribution in [0.2, 0.25) is 0 Å². The van der Waals surface area contributed by atoms with Crippen LogP contribution < -0.4 is 19.5 Å². The largest absolute Gasteiger partial charge is 0.493 e. The molecule has 0 aromatic heterocycles. The smallest absolute Gasteiger partial charge is 0.251 e. The summed E-state index contributed by atoms with van der Waals surface area (Å²) >= 11 is 0. The Hall–Kier alpha value is -1.95. The van der Waals surface area contributed by atoms with Crippen LogP contribution in [0.3, 0.4) is 0 Å². The SMILES string of the molecule is CCO[C@@H]1C[C@@H](NC(=O)c2cc(OC)c(OC)c(OC)c2)C1(C)C. The fourth-order valence-electron chi connectivity index (χ4n) is 3.07. The Morgan fingerprint density at radius 1 is 1.17 bits per heavy atom. The van der Waals surface area contributed by atoms with Crippen LogP contribution in [0.4, 0.5) is 0 Å². The predicted molar refractivity (Wildman–Crippen MR) is 91.2 cm³/mol. The van der Waals surface area contributed by atoms with Gasteiger partial charge in [0.2, 0.25) is 5.75 Å². The van der Waals surface area contributed by atoms with E-state index in [1.807, 2.05) is 6.92 Å². The van der Waals surface area contributed by atoms with Crippen molar-refractivity contribution < 1.29 is 23.7 Å². The molecule has 1 aliphatic rings. The maximum atomic E-state index is 12.6. The summed E-state index contributed by atoms with van der Waals surface area (Å²) < 4.78 is 21.6. The third-order valence-electron chi connectivity index (χ3n) is 4.78. The molecule has 2 atom stereocenters. The molecular weight excluding hydrogens is 310 g/mol. The first-order chi connectivity index (χ1) is 11.4. The van der Waals surface area contributed by atoms with Gasteiger partial charge in [0.1, 0.15) is 0 Å². The molecule has 6 nitrogen and oxygen atoms in total. The minimum absolute atomic E-state index is 0.0700. The van der Waals surface area contributed by atoms with Gasteiger partial charge in [-0.2, -0.15) is 0 Å². The molecule has 6 heteroatoms. The lowest BCUT2D eigenvalue weighted by Crippen LogP contribution is -2.62. The molecule has 0 heterocycles. The summed E-state index contributed by atoms with van der Waals surface area (Å²) in [4.78, 5) is 12.6. The molecule has 2 rings (SSSR count). The number of rotatable bonds is 7.